The number of hydrogen-bond donors (Lipinski definition) is 1. The molecule has 0 saturated heterocycles. The number of amides is 1. The van der Waals surface area contributed by atoms with Crippen LogP contribution in [0.1, 0.15) is 18.1 Å². The molecule has 174 valence electrons. The summed E-state index contributed by atoms with van der Waals surface area (Å²) in [6, 6.07) is 25.3. The van der Waals surface area contributed by atoms with Gasteiger partial charge < -0.3 is 10.1 Å². The van der Waals surface area contributed by atoms with Crippen molar-refractivity contribution in [2.45, 2.75) is 30.4 Å². The van der Waals surface area contributed by atoms with Gasteiger partial charge in [0.1, 0.15) is 5.75 Å². The third-order valence-electron chi connectivity index (χ3n) is 5.30. The van der Waals surface area contributed by atoms with E-state index in [1.807, 2.05) is 78.2 Å². The monoisotopic (exact) mass is 492 g/mol. The van der Waals surface area contributed by atoms with Crippen LogP contribution in [0.5, 0.6) is 5.75 Å². The molecule has 0 fully saturated rings. The maximum absolute atomic E-state index is 12.9. The normalized spacial score (nSPS) is 11.7. The first-order valence-corrected chi connectivity index (χ1v) is 12.1. The lowest BCUT2D eigenvalue weighted by atomic mass is 10.2. The fourth-order valence-electron chi connectivity index (χ4n) is 3.48. The van der Waals surface area contributed by atoms with Crippen molar-refractivity contribution in [2.24, 2.45) is 0 Å². The predicted molar refractivity (Wildman–Crippen MR) is 136 cm³/mol. The van der Waals surface area contributed by atoms with Crippen LogP contribution in [0.25, 0.3) is 11.4 Å². The van der Waals surface area contributed by atoms with Gasteiger partial charge in [0, 0.05) is 22.7 Å². The molecule has 1 heterocycles. The second-order valence-electron chi connectivity index (χ2n) is 7.67. The number of nitrogens with one attached hydrogen (secondary N) is 1. The molecule has 8 heteroatoms. The zero-order valence-corrected chi connectivity index (χ0v) is 20.5. The van der Waals surface area contributed by atoms with Gasteiger partial charge in [0.25, 0.3) is 0 Å². The van der Waals surface area contributed by atoms with Crippen LogP contribution >= 0.6 is 23.4 Å². The summed E-state index contributed by atoms with van der Waals surface area (Å²) in [5.41, 5.74) is 2.95. The number of thioether (sulfide) groups is 1. The largest absolute Gasteiger partial charge is 0.496 e. The third-order valence-corrected chi connectivity index (χ3v) is 6.63. The van der Waals surface area contributed by atoms with Gasteiger partial charge in [-0.15, -0.1) is 10.2 Å². The number of carbonyl (C=O) groups is 1. The lowest BCUT2D eigenvalue weighted by molar-refractivity contribution is -0.120. The molecule has 0 bridgehead atoms. The minimum absolute atomic E-state index is 0.0850. The molecule has 1 atom stereocenters. The van der Waals surface area contributed by atoms with Crippen LogP contribution < -0.4 is 10.1 Å². The minimum atomic E-state index is -0.369. The van der Waals surface area contributed by atoms with E-state index >= 15 is 0 Å². The first kappa shape index (κ1) is 23.9. The van der Waals surface area contributed by atoms with Crippen molar-refractivity contribution in [3.63, 3.8) is 0 Å². The van der Waals surface area contributed by atoms with Crippen LogP contribution in [0.2, 0.25) is 5.02 Å². The van der Waals surface area contributed by atoms with Crippen molar-refractivity contribution in [1.29, 1.82) is 0 Å². The molecule has 6 nitrogen and oxygen atoms in total. The Bertz CT molecular complexity index is 1250. The smallest absolute Gasteiger partial charge is 0.233 e. The standard InChI is InChI=1S/C26H25ClN4O2S/c1-18(25(32)28-16-21-10-6-7-11-23(21)33-2)34-26-30-29-24(20-12-14-22(27)15-13-20)31(26)17-19-8-4-3-5-9-19/h3-15,18H,16-17H2,1-2H3,(H,28,32). The van der Waals surface area contributed by atoms with Crippen LogP contribution in [0, 0.1) is 0 Å². The topological polar surface area (TPSA) is 69.0 Å². The maximum Gasteiger partial charge on any atom is 0.233 e. The highest BCUT2D eigenvalue weighted by Crippen LogP contribution is 2.29. The van der Waals surface area contributed by atoms with E-state index in [0.29, 0.717) is 23.3 Å². The molecule has 34 heavy (non-hydrogen) atoms. The molecular weight excluding hydrogens is 468 g/mol. The van der Waals surface area contributed by atoms with Gasteiger partial charge in [-0.1, -0.05) is 71.9 Å². The Kier molecular flexibility index (Phi) is 7.87. The molecule has 0 spiro atoms. The van der Waals surface area contributed by atoms with E-state index in [9.17, 15) is 4.79 Å². The minimum Gasteiger partial charge on any atom is -0.496 e. The average Bonchev–Trinajstić information content (AvgIpc) is 3.25. The number of halogens is 1. The highest BCUT2D eigenvalue weighted by atomic mass is 35.5. The molecule has 1 N–H and O–H groups in total. The summed E-state index contributed by atoms with van der Waals surface area (Å²) >= 11 is 7.45. The van der Waals surface area contributed by atoms with E-state index in [4.69, 9.17) is 16.3 Å². The second kappa shape index (κ2) is 11.2. The molecule has 1 unspecified atom stereocenters. The molecule has 0 aliphatic rings. The fourth-order valence-corrected chi connectivity index (χ4v) is 4.48. The maximum atomic E-state index is 12.9. The van der Waals surface area contributed by atoms with Crippen molar-refractivity contribution in [2.75, 3.05) is 7.11 Å². The Labute approximate surface area is 208 Å². The zero-order chi connectivity index (χ0) is 23.9. The molecule has 0 radical (unpaired) electrons. The van der Waals surface area contributed by atoms with Crippen LogP contribution in [0.4, 0.5) is 0 Å². The number of rotatable bonds is 9. The molecule has 4 rings (SSSR count). The number of hydrogen-bond acceptors (Lipinski definition) is 5. The summed E-state index contributed by atoms with van der Waals surface area (Å²) in [5.74, 6) is 1.39. The van der Waals surface area contributed by atoms with Crippen LogP contribution in [0.15, 0.2) is 84.0 Å². The SMILES string of the molecule is COc1ccccc1CNC(=O)C(C)Sc1nnc(-c2ccc(Cl)cc2)n1Cc1ccccc1. The number of aromatic nitrogens is 3. The van der Waals surface area contributed by atoms with E-state index in [2.05, 4.69) is 27.6 Å². The van der Waals surface area contributed by atoms with Gasteiger partial charge in [0.15, 0.2) is 11.0 Å². The Balaban J connectivity index is 1.53. The molecule has 0 aliphatic heterocycles. The van der Waals surface area contributed by atoms with Crippen LogP contribution in [-0.4, -0.2) is 33.0 Å². The molecule has 1 aromatic heterocycles. The number of ether oxygens (including phenoxy) is 1. The number of methoxy groups -OCH3 is 1. The predicted octanol–water partition coefficient (Wildman–Crippen LogP) is 5.45. The van der Waals surface area contributed by atoms with Gasteiger partial charge >= 0.3 is 0 Å². The zero-order valence-electron chi connectivity index (χ0n) is 18.9. The Morgan fingerprint density at radius 2 is 1.74 bits per heavy atom. The Hall–Kier alpha value is -3.29. The van der Waals surface area contributed by atoms with Crippen molar-refractivity contribution >= 4 is 29.3 Å². The summed E-state index contributed by atoms with van der Waals surface area (Å²) < 4.78 is 7.41. The van der Waals surface area contributed by atoms with Gasteiger partial charge in [-0.2, -0.15) is 0 Å². The summed E-state index contributed by atoms with van der Waals surface area (Å²) in [5, 5.41) is 12.8. The highest BCUT2D eigenvalue weighted by molar-refractivity contribution is 8.00. The Morgan fingerprint density at radius 3 is 2.47 bits per heavy atom. The highest BCUT2D eigenvalue weighted by Gasteiger charge is 2.21. The number of benzene rings is 3. The molecule has 4 aromatic rings. The third kappa shape index (κ3) is 5.79. The van der Waals surface area contributed by atoms with E-state index in [-0.39, 0.29) is 11.2 Å². The first-order valence-electron chi connectivity index (χ1n) is 10.8. The first-order chi connectivity index (χ1) is 16.5. The average molecular weight is 493 g/mol. The Morgan fingerprint density at radius 1 is 1.03 bits per heavy atom. The molecule has 0 saturated carbocycles. The van der Waals surface area contributed by atoms with Crippen molar-refractivity contribution in [3.05, 3.63) is 95.0 Å². The van der Waals surface area contributed by atoms with Gasteiger partial charge in [-0.05, 0) is 42.8 Å². The van der Waals surface area contributed by atoms with E-state index < -0.39 is 0 Å². The second-order valence-corrected chi connectivity index (χ2v) is 9.42. The van der Waals surface area contributed by atoms with Crippen molar-refractivity contribution < 1.29 is 9.53 Å². The molecular formula is C26H25ClN4O2S. The summed E-state index contributed by atoms with van der Waals surface area (Å²) in [6.45, 7) is 2.84. The number of carbonyl (C=O) groups excluding carboxylic acids is 1. The fraction of sp³-hybridized carbons (Fsp3) is 0.192. The molecule has 3 aromatic carbocycles. The van der Waals surface area contributed by atoms with Gasteiger partial charge in [-0.25, -0.2) is 0 Å². The van der Waals surface area contributed by atoms with E-state index in [1.54, 1.807) is 7.11 Å². The van der Waals surface area contributed by atoms with Crippen molar-refractivity contribution in [3.8, 4) is 17.1 Å². The van der Waals surface area contributed by atoms with Gasteiger partial charge in [0.2, 0.25) is 5.91 Å². The summed E-state index contributed by atoms with van der Waals surface area (Å²) in [7, 11) is 1.62. The van der Waals surface area contributed by atoms with Crippen molar-refractivity contribution in [1.82, 2.24) is 20.1 Å². The number of para-hydroxylation sites is 1. The van der Waals surface area contributed by atoms with E-state index in [1.165, 1.54) is 11.8 Å². The quantitative estimate of drug-likeness (QED) is 0.314. The van der Waals surface area contributed by atoms with Crippen LogP contribution in [0.3, 0.4) is 0 Å². The molecule has 1 amide bonds. The van der Waals surface area contributed by atoms with Gasteiger partial charge in [0.05, 0.1) is 18.9 Å². The summed E-state index contributed by atoms with van der Waals surface area (Å²) in [6.07, 6.45) is 0. The lowest BCUT2D eigenvalue weighted by Gasteiger charge is -2.15. The summed E-state index contributed by atoms with van der Waals surface area (Å²) in [4.78, 5) is 12.9. The number of nitrogens with zero attached hydrogens (tertiary/aromatic N) is 3. The van der Waals surface area contributed by atoms with E-state index in [0.717, 1.165) is 28.3 Å². The lowest BCUT2D eigenvalue weighted by Crippen LogP contribution is -2.30. The molecule has 0 aliphatic carbocycles. The van der Waals surface area contributed by atoms with Crippen LogP contribution in [-0.2, 0) is 17.9 Å². The van der Waals surface area contributed by atoms with Gasteiger partial charge in [-0.3, -0.25) is 9.36 Å².